The van der Waals surface area contributed by atoms with Crippen molar-refractivity contribution in [1.29, 1.82) is 0 Å². The lowest BCUT2D eigenvalue weighted by Crippen LogP contribution is -2.14. The van der Waals surface area contributed by atoms with E-state index in [-0.39, 0.29) is 36.5 Å². The topological polar surface area (TPSA) is 93.0 Å². The van der Waals surface area contributed by atoms with Crippen molar-refractivity contribution in [2.75, 3.05) is 6.61 Å². The van der Waals surface area contributed by atoms with E-state index in [1.54, 1.807) is 0 Å². The van der Waals surface area contributed by atoms with Crippen molar-refractivity contribution in [2.24, 2.45) is 0 Å². The quantitative estimate of drug-likeness (QED) is 0.755. The largest absolute Gasteiger partial charge is 0.394 e. The average Bonchev–Trinajstić information content (AvgIpc) is 2.93. The molecule has 0 amide bonds. The fourth-order valence-corrected chi connectivity index (χ4v) is 1.98. The molecule has 1 fully saturated rings. The maximum absolute atomic E-state index is 11.6. The fourth-order valence-electron chi connectivity index (χ4n) is 1.98. The van der Waals surface area contributed by atoms with E-state index < -0.39 is 11.8 Å². The maximum atomic E-state index is 11.6. The molecule has 0 spiro atoms. The number of aliphatic hydroxyl groups is 1. The predicted octanol–water partition coefficient (Wildman–Crippen LogP) is -0.211. The molecule has 2 aromatic rings. The summed E-state index contributed by atoms with van der Waals surface area (Å²) in [5.74, 6) is 0. The van der Waals surface area contributed by atoms with Crippen LogP contribution in [0.2, 0.25) is 0 Å². The number of imidazole rings is 1. The Morgan fingerprint density at radius 3 is 3.29 bits per heavy atom. The van der Waals surface area contributed by atoms with E-state index in [1.165, 1.54) is 4.57 Å². The van der Waals surface area contributed by atoms with Gasteiger partial charge in [0.05, 0.1) is 25.3 Å². The number of nitrogens with one attached hydrogen (secondary N) is 1. The Labute approximate surface area is 98.9 Å². The zero-order chi connectivity index (χ0) is 13.6. The minimum absolute atomic E-state index is 0.0250. The molecule has 0 aromatic carbocycles. The molecule has 2 atom stereocenters. The Morgan fingerprint density at radius 2 is 2.53 bits per heavy atom. The number of hydrogen-bond acceptors (Lipinski definition) is 5. The third kappa shape index (κ3) is 1.63. The number of rotatable bonds is 2. The zero-order valence-electron chi connectivity index (χ0n) is 10.9. The fraction of sp³-hybridized carbons (Fsp3) is 0.500. The molecule has 17 heavy (non-hydrogen) atoms. The molecular weight excluding hydrogens is 224 g/mol. The van der Waals surface area contributed by atoms with Crippen LogP contribution in [0.4, 0.5) is 0 Å². The molecule has 1 aliphatic heterocycles. The number of aromatic nitrogens is 4. The molecule has 3 rings (SSSR count). The molecule has 3 heterocycles. The van der Waals surface area contributed by atoms with Crippen LogP contribution in [-0.4, -0.2) is 37.3 Å². The van der Waals surface area contributed by atoms with Gasteiger partial charge in [0.25, 0.3) is 5.56 Å². The molecule has 1 saturated heterocycles. The van der Waals surface area contributed by atoms with Gasteiger partial charge < -0.3 is 14.8 Å². The van der Waals surface area contributed by atoms with Gasteiger partial charge in [0.15, 0.2) is 11.2 Å². The molecule has 1 aliphatic rings. The number of hydrogen-bond donors (Lipinski definition) is 2. The summed E-state index contributed by atoms with van der Waals surface area (Å²) in [5, 5.41) is 9.05. The van der Waals surface area contributed by atoms with Gasteiger partial charge in [0, 0.05) is 0 Å². The lowest BCUT2D eigenvalue weighted by Gasteiger charge is -2.13. The van der Waals surface area contributed by atoms with Crippen LogP contribution in [-0.2, 0) is 4.74 Å². The van der Waals surface area contributed by atoms with Crippen molar-refractivity contribution >= 4 is 11.2 Å². The van der Waals surface area contributed by atoms with Gasteiger partial charge in [0.1, 0.15) is 8.97 Å². The SMILES string of the molecule is [2H]c1nc2c(nc([2H])n2[C@H]2CC[C@@H](CO)O2)c(=O)[nH]1. The molecule has 7 nitrogen and oxygen atoms in total. The molecule has 0 saturated carbocycles. The van der Waals surface area contributed by atoms with E-state index in [4.69, 9.17) is 12.6 Å². The van der Waals surface area contributed by atoms with Crippen LogP contribution in [0, 0.1) is 0 Å². The normalized spacial score (nSPS) is 26.2. The summed E-state index contributed by atoms with van der Waals surface area (Å²) in [4.78, 5) is 21.6. The summed E-state index contributed by atoms with van der Waals surface area (Å²) < 4.78 is 22.2. The molecule has 0 radical (unpaired) electrons. The molecule has 2 N–H and O–H groups in total. The second-order valence-electron chi connectivity index (χ2n) is 3.90. The second kappa shape index (κ2) is 3.94. The first-order valence-electron chi connectivity index (χ1n) is 6.32. The van der Waals surface area contributed by atoms with Gasteiger partial charge in [-0.1, -0.05) is 0 Å². The third-order valence-electron chi connectivity index (χ3n) is 2.83. The number of ether oxygens (including phenoxy) is 1. The number of nitrogens with zero attached hydrogens (tertiary/aromatic N) is 3. The van der Waals surface area contributed by atoms with E-state index in [2.05, 4.69) is 15.0 Å². The van der Waals surface area contributed by atoms with Crippen LogP contribution in [0.1, 0.15) is 21.8 Å². The van der Waals surface area contributed by atoms with Crippen molar-refractivity contribution in [3.8, 4) is 0 Å². The van der Waals surface area contributed by atoms with E-state index in [0.717, 1.165) is 0 Å². The highest BCUT2D eigenvalue weighted by Gasteiger charge is 2.27. The van der Waals surface area contributed by atoms with Crippen molar-refractivity contribution in [2.45, 2.75) is 25.2 Å². The first-order valence-corrected chi connectivity index (χ1v) is 5.32. The van der Waals surface area contributed by atoms with Crippen molar-refractivity contribution < 1.29 is 12.6 Å². The first-order chi connectivity index (χ1) is 9.10. The highest BCUT2D eigenvalue weighted by Crippen LogP contribution is 2.29. The molecule has 0 unspecified atom stereocenters. The van der Waals surface area contributed by atoms with E-state index >= 15 is 0 Å². The summed E-state index contributed by atoms with van der Waals surface area (Å²) in [6, 6.07) is 0. The van der Waals surface area contributed by atoms with Crippen molar-refractivity contribution in [3.63, 3.8) is 0 Å². The van der Waals surface area contributed by atoms with Gasteiger partial charge >= 0.3 is 0 Å². The monoisotopic (exact) mass is 238 g/mol. The summed E-state index contributed by atoms with van der Waals surface area (Å²) >= 11 is 0. The second-order valence-corrected chi connectivity index (χ2v) is 3.90. The van der Waals surface area contributed by atoms with Gasteiger partial charge in [0.2, 0.25) is 0 Å². The summed E-state index contributed by atoms with van der Waals surface area (Å²) in [6.45, 7) is -0.0891. The summed E-state index contributed by atoms with van der Waals surface area (Å²) in [6.07, 6.45) is 0.0851. The molecule has 0 bridgehead atoms. The van der Waals surface area contributed by atoms with Crippen LogP contribution in [0.3, 0.4) is 0 Å². The van der Waals surface area contributed by atoms with Crippen LogP contribution in [0.15, 0.2) is 17.4 Å². The Balaban J connectivity index is 2.13. The standard InChI is InChI=1S/C10H12N4O3/c15-3-6-1-2-7(17-6)14-5-13-8-9(14)11-4-12-10(8)16/h4-7,15H,1-3H2,(H,11,12,16)/t6-,7+/m0/s1/i4D,5D. The van der Waals surface area contributed by atoms with Crippen LogP contribution in [0.25, 0.3) is 11.2 Å². The molecule has 0 aliphatic carbocycles. The van der Waals surface area contributed by atoms with Gasteiger partial charge in [-0.3, -0.25) is 9.36 Å². The molecular formula is C10H12N4O3. The van der Waals surface area contributed by atoms with E-state index in [1.807, 2.05) is 0 Å². The van der Waals surface area contributed by atoms with Gasteiger partial charge in [-0.25, -0.2) is 9.97 Å². The lowest BCUT2D eigenvalue weighted by atomic mass is 10.2. The molecule has 7 heteroatoms. The van der Waals surface area contributed by atoms with Crippen LogP contribution >= 0.6 is 0 Å². The average molecular weight is 238 g/mol. The lowest BCUT2D eigenvalue weighted by molar-refractivity contribution is -0.0207. The van der Waals surface area contributed by atoms with Gasteiger partial charge in [-0.05, 0) is 12.8 Å². The predicted molar refractivity (Wildman–Crippen MR) is 58.4 cm³/mol. The smallest absolute Gasteiger partial charge is 0.278 e. The minimum Gasteiger partial charge on any atom is -0.394 e. The number of aromatic amines is 1. The van der Waals surface area contributed by atoms with Crippen molar-refractivity contribution in [1.82, 2.24) is 19.5 Å². The van der Waals surface area contributed by atoms with Crippen LogP contribution < -0.4 is 5.56 Å². The summed E-state index contributed by atoms with van der Waals surface area (Å²) in [5.41, 5.74) is -0.349. The number of fused-ring (bicyclic) bond motifs is 1. The van der Waals surface area contributed by atoms with E-state index in [9.17, 15) is 4.79 Å². The number of H-pyrrole nitrogens is 1. The Bertz CT molecular complexity index is 683. The van der Waals surface area contributed by atoms with Crippen LogP contribution in [0.5, 0.6) is 0 Å². The Hall–Kier alpha value is -1.73. The molecule has 2 aromatic heterocycles. The van der Waals surface area contributed by atoms with Gasteiger partial charge in [-0.15, -0.1) is 0 Å². The van der Waals surface area contributed by atoms with Gasteiger partial charge in [-0.2, -0.15) is 0 Å². The maximum Gasteiger partial charge on any atom is 0.278 e. The van der Waals surface area contributed by atoms with E-state index in [0.29, 0.717) is 12.8 Å². The summed E-state index contributed by atoms with van der Waals surface area (Å²) in [7, 11) is 0. The zero-order valence-corrected chi connectivity index (χ0v) is 8.88. The number of aliphatic hydroxyl groups excluding tert-OH is 1. The minimum atomic E-state index is -0.543. The Morgan fingerprint density at radius 1 is 1.65 bits per heavy atom. The highest BCUT2D eigenvalue weighted by atomic mass is 16.5. The third-order valence-corrected chi connectivity index (χ3v) is 2.83. The first kappa shape index (κ1) is 8.37. The highest BCUT2D eigenvalue weighted by molar-refractivity contribution is 5.68. The van der Waals surface area contributed by atoms with Crippen molar-refractivity contribution in [3.05, 3.63) is 23.0 Å². The molecule has 90 valence electrons. The Kier molecular flexibility index (Phi) is 1.94.